The summed E-state index contributed by atoms with van der Waals surface area (Å²) in [5.41, 5.74) is 0. The van der Waals surface area contributed by atoms with Gasteiger partial charge in [0.25, 0.3) is 0 Å². The molecule has 2 rings (SSSR count). The Balaban J connectivity index is 0.000000321. The van der Waals surface area contributed by atoms with Crippen LogP contribution in [0.4, 0.5) is 0 Å². The van der Waals surface area contributed by atoms with Crippen LogP contribution in [0.3, 0.4) is 0 Å². The fourth-order valence-corrected chi connectivity index (χ4v) is 2.70. The zero-order valence-electron chi connectivity index (χ0n) is 11.8. The molecule has 0 bridgehead atoms. The third-order valence-electron chi connectivity index (χ3n) is 3.91. The van der Waals surface area contributed by atoms with E-state index in [-0.39, 0.29) is 11.8 Å². The van der Waals surface area contributed by atoms with E-state index < -0.39 is 11.9 Å². The average Bonchev–Trinajstić information content (AvgIpc) is 2.51. The fraction of sp³-hybridized carbons (Fsp3) is 0.857. The molecule has 0 unspecified atom stereocenters. The van der Waals surface area contributed by atoms with Crippen molar-refractivity contribution in [2.45, 2.75) is 64.2 Å². The van der Waals surface area contributed by atoms with E-state index in [1.807, 2.05) is 0 Å². The quantitative estimate of drug-likeness (QED) is 0.786. The Hall–Kier alpha value is -0.377. The summed E-state index contributed by atoms with van der Waals surface area (Å²) in [5.74, 6) is -1.26. The van der Waals surface area contributed by atoms with Crippen LogP contribution >= 0.6 is 0 Å². The third kappa shape index (κ3) is 8.73. The molecule has 0 spiro atoms. The second-order valence-corrected chi connectivity index (χ2v) is 5.35. The summed E-state index contributed by atoms with van der Waals surface area (Å²) in [6, 6.07) is 0. The summed E-state index contributed by atoms with van der Waals surface area (Å²) in [5, 5.41) is 17.1. The van der Waals surface area contributed by atoms with Crippen LogP contribution < -0.4 is 0 Å². The van der Waals surface area contributed by atoms with E-state index in [2.05, 4.69) is 0 Å². The van der Waals surface area contributed by atoms with Gasteiger partial charge in [0, 0.05) is 0 Å². The molecule has 0 atom stereocenters. The molecule has 6 heteroatoms. The summed E-state index contributed by atoms with van der Waals surface area (Å²) >= 11 is 0.300. The first-order valence-electron chi connectivity index (χ1n) is 7.27. The van der Waals surface area contributed by atoms with E-state index in [0.29, 0.717) is 24.7 Å². The summed E-state index contributed by atoms with van der Waals surface area (Å²) in [7, 11) is 0. The molecular formula is C14H24O5Zr. The molecule has 114 valence electrons. The topological polar surface area (TPSA) is 91.7 Å². The van der Waals surface area contributed by atoms with Gasteiger partial charge in [-0.05, 0) is 25.7 Å². The molecule has 0 aromatic heterocycles. The van der Waals surface area contributed by atoms with Crippen molar-refractivity contribution in [2.24, 2.45) is 11.8 Å². The first kappa shape index (κ1) is 19.6. The number of aliphatic carboxylic acids is 2. The predicted molar refractivity (Wildman–Crippen MR) is 69.1 cm³/mol. The van der Waals surface area contributed by atoms with Crippen molar-refractivity contribution >= 4 is 11.9 Å². The van der Waals surface area contributed by atoms with Crippen molar-refractivity contribution in [3.8, 4) is 0 Å². The molecule has 20 heavy (non-hydrogen) atoms. The number of carbonyl (C=O) groups is 2. The molecule has 2 fully saturated rings. The van der Waals surface area contributed by atoms with E-state index in [1.54, 1.807) is 0 Å². The minimum atomic E-state index is -0.602. The molecule has 2 aliphatic rings. The summed E-state index contributed by atoms with van der Waals surface area (Å²) in [6.45, 7) is 0. The van der Waals surface area contributed by atoms with Gasteiger partial charge in [-0.1, -0.05) is 38.5 Å². The Bertz CT molecular complexity index is 255. The Morgan fingerprint density at radius 3 is 1.05 bits per heavy atom. The molecule has 2 saturated carbocycles. The van der Waals surface area contributed by atoms with Crippen LogP contribution in [0.25, 0.3) is 0 Å². The predicted octanol–water partition coefficient (Wildman–Crippen LogP) is 3.18. The molecule has 2 aliphatic carbocycles. The van der Waals surface area contributed by atoms with Crippen molar-refractivity contribution < 1.29 is 47.3 Å². The zero-order chi connectivity index (χ0) is 15.4. The third-order valence-corrected chi connectivity index (χ3v) is 3.91. The van der Waals surface area contributed by atoms with Crippen molar-refractivity contribution in [3.05, 3.63) is 0 Å². The molecule has 0 heterocycles. The van der Waals surface area contributed by atoms with Gasteiger partial charge in [-0.25, -0.2) is 0 Å². The van der Waals surface area contributed by atoms with Crippen LogP contribution in [0.5, 0.6) is 0 Å². The molecule has 0 aromatic rings. The van der Waals surface area contributed by atoms with Crippen LogP contribution in [-0.4, -0.2) is 22.2 Å². The Kier molecular flexibility index (Phi) is 12.1. The molecule has 0 amide bonds. The molecule has 0 aromatic carbocycles. The second kappa shape index (κ2) is 12.4. The van der Waals surface area contributed by atoms with Crippen LogP contribution in [0.1, 0.15) is 64.2 Å². The average molecular weight is 364 g/mol. The van der Waals surface area contributed by atoms with Crippen molar-refractivity contribution in [1.82, 2.24) is 0 Å². The SMILES string of the molecule is O=C(O)C1CCCCC1.O=C(O)C1CCCCC1.[O]=[Zr]. The van der Waals surface area contributed by atoms with E-state index >= 15 is 0 Å². The molecular weight excluding hydrogens is 339 g/mol. The van der Waals surface area contributed by atoms with Gasteiger partial charge in [0.1, 0.15) is 0 Å². The zero-order valence-corrected chi connectivity index (χ0v) is 14.3. The Morgan fingerprint density at radius 1 is 0.650 bits per heavy atom. The second-order valence-electron chi connectivity index (χ2n) is 5.35. The van der Waals surface area contributed by atoms with Gasteiger partial charge in [0.2, 0.25) is 0 Å². The number of carboxylic acids is 2. The summed E-state index contributed by atoms with van der Waals surface area (Å²) in [4.78, 5) is 20.7. The molecule has 5 nitrogen and oxygen atoms in total. The van der Waals surface area contributed by atoms with Gasteiger partial charge < -0.3 is 10.2 Å². The van der Waals surface area contributed by atoms with Crippen LogP contribution in [-0.2, 0) is 37.1 Å². The first-order chi connectivity index (χ1) is 9.61. The maximum absolute atomic E-state index is 10.4. The number of hydrogen-bond donors (Lipinski definition) is 2. The van der Waals surface area contributed by atoms with E-state index in [1.165, 1.54) is 12.8 Å². The van der Waals surface area contributed by atoms with Gasteiger partial charge >= 0.3 is 39.5 Å². The Labute approximate surface area is 135 Å². The van der Waals surface area contributed by atoms with Gasteiger partial charge in [-0.3, -0.25) is 9.59 Å². The molecule has 0 radical (unpaired) electrons. The van der Waals surface area contributed by atoms with Crippen molar-refractivity contribution in [3.63, 3.8) is 0 Å². The monoisotopic (exact) mass is 362 g/mol. The van der Waals surface area contributed by atoms with Crippen molar-refractivity contribution in [2.75, 3.05) is 0 Å². The van der Waals surface area contributed by atoms with Gasteiger partial charge in [0.15, 0.2) is 0 Å². The van der Waals surface area contributed by atoms with Crippen LogP contribution in [0.15, 0.2) is 0 Å². The molecule has 0 aliphatic heterocycles. The number of carboxylic acid groups (broad SMARTS) is 2. The number of hydrogen-bond acceptors (Lipinski definition) is 3. The van der Waals surface area contributed by atoms with Gasteiger partial charge in [0.05, 0.1) is 11.8 Å². The minimum absolute atomic E-state index is 0.0289. The first-order valence-corrected chi connectivity index (χ1v) is 8.27. The summed E-state index contributed by atoms with van der Waals surface area (Å²) < 4.78 is 8.34. The van der Waals surface area contributed by atoms with E-state index in [9.17, 15) is 9.59 Å². The number of rotatable bonds is 2. The summed E-state index contributed by atoms with van der Waals surface area (Å²) in [6.07, 6.45) is 10.5. The Morgan fingerprint density at radius 2 is 0.900 bits per heavy atom. The van der Waals surface area contributed by atoms with Gasteiger partial charge in [-0.2, -0.15) is 0 Å². The van der Waals surface area contributed by atoms with Crippen molar-refractivity contribution in [1.29, 1.82) is 0 Å². The van der Waals surface area contributed by atoms with Crippen LogP contribution in [0, 0.1) is 11.8 Å². The maximum atomic E-state index is 10.4. The molecule has 0 saturated heterocycles. The fourth-order valence-electron chi connectivity index (χ4n) is 2.70. The van der Waals surface area contributed by atoms with Crippen LogP contribution in [0.2, 0.25) is 0 Å². The normalized spacial score (nSPS) is 19.8. The standard InChI is InChI=1S/2C7H12O2.O.Zr/c2*8-7(9)6-4-2-1-3-5-6;;/h2*6H,1-5H2,(H,8,9);;. The molecule has 2 N–H and O–H groups in total. The van der Waals surface area contributed by atoms with Gasteiger partial charge in [-0.15, -0.1) is 0 Å². The van der Waals surface area contributed by atoms with E-state index in [4.69, 9.17) is 13.0 Å². The van der Waals surface area contributed by atoms with E-state index in [0.717, 1.165) is 51.4 Å².